The first-order valence-electron chi connectivity index (χ1n) is 7.10. The van der Waals surface area contributed by atoms with Crippen LogP contribution in [0.15, 0.2) is 16.6 Å². The number of methoxy groups -OCH3 is 2. The molecular formula is C15H17BrN2O6. The standard InChI is InChI=1S/C15H17BrN2O6/c1-22-11-5-9(10(16)7-12(11)23-2)6-14(20)24-4-3-18-13(19)8-17-15(18)21/h5,7H,3-4,6,8H2,1-2H3,(H,17,21). The first-order chi connectivity index (χ1) is 11.5. The van der Waals surface area contributed by atoms with Gasteiger partial charge in [0.15, 0.2) is 11.5 Å². The van der Waals surface area contributed by atoms with Crippen molar-refractivity contribution in [2.45, 2.75) is 6.42 Å². The number of benzene rings is 1. The highest BCUT2D eigenvalue weighted by atomic mass is 79.9. The lowest BCUT2D eigenvalue weighted by Gasteiger charge is -2.13. The highest BCUT2D eigenvalue weighted by molar-refractivity contribution is 9.10. The van der Waals surface area contributed by atoms with Gasteiger partial charge in [0, 0.05) is 4.47 Å². The van der Waals surface area contributed by atoms with Crippen LogP contribution in [0.3, 0.4) is 0 Å². The molecule has 9 heteroatoms. The Morgan fingerprint density at radius 1 is 1.25 bits per heavy atom. The third-order valence-corrected chi connectivity index (χ3v) is 4.14. The van der Waals surface area contributed by atoms with Crippen LogP contribution in [0, 0.1) is 0 Å². The zero-order valence-corrected chi connectivity index (χ0v) is 14.8. The molecule has 1 saturated heterocycles. The van der Waals surface area contributed by atoms with E-state index in [9.17, 15) is 14.4 Å². The third kappa shape index (κ3) is 4.16. The van der Waals surface area contributed by atoms with Gasteiger partial charge in [0.05, 0.1) is 33.7 Å². The van der Waals surface area contributed by atoms with Crippen LogP contribution in [-0.2, 0) is 20.7 Å². The van der Waals surface area contributed by atoms with Crippen molar-refractivity contribution in [3.8, 4) is 11.5 Å². The highest BCUT2D eigenvalue weighted by Crippen LogP contribution is 2.33. The number of carbonyl (C=O) groups excluding carboxylic acids is 3. The lowest BCUT2D eigenvalue weighted by molar-refractivity contribution is -0.144. The normalized spacial score (nSPS) is 13.7. The van der Waals surface area contributed by atoms with Crippen molar-refractivity contribution >= 4 is 33.8 Å². The topological polar surface area (TPSA) is 94.2 Å². The molecule has 24 heavy (non-hydrogen) atoms. The second-order valence-electron chi connectivity index (χ2n) is 4.90. The fourth-order valence-corrected chi connectivity index (χ4v) is 2.63. The molecule has 0 bridgehead atoms. The van der Waals surface area contributed by atoms with Gasteiger partial charge in [0.2, 0.25) is 5.91 Å². The first-order valence-corrected chi connectivity index (χ1v) is 7.89. The monoisotopic (exact) mass is 400 g/mol. The number of imide groups is 1. The van der Waals surface area contributed by atoms with E-state index in [1.54, 1.807) is 12.1 Å². The van der Waals surface area contributed by atoms with E-state index in [0.717, 1.165) is 4.90 Å². The second kappa shape index (κ2) is 8.00. The van der Waals surface area contributed by atoms with Gasteiger partial charge < -0.3 is 19.5 Å². The second-order valence-corrected chi connectivity index (χ2v) is 5.75. The molecule has 0 spiro atoms. The van der Waals surface area contributed by atoms with Gasteiger partial charge in [-0.05, 0) is 17.7 Å². The molecule has 8 nitrogen and oxygen atoms in total. The van der Waals surface area contributed by atoms with E-state index >= 15 is 0 Å². The Hall–Kier alpha value is -2.29. The molecule has 0 radical (unpaired) electrons. The van der Waals surface area contributed by atoms with Gasteiger partial charge in [0.1, 0.15) is 6.61 Å². The summed E-state index contributed by atoms with van der Waals surface area (Å²) in [5.41, 5.74) is 0.674. The van der Waals surface area contributed by atoms with E-state index in [2.05, 4.69) is 21.2 Å². The van der Waals surface area contributed by atoms with Crippen LogP contribution >= 0.6 is 15.9 Å². The molecule has 1 heterocycles. The minimum Gasteiger partial charge on any atom is -0.493 e. The summed E-state index contributed by atoms with van der Waals surface area (Å²) in [4.78, 5) is 35.7. The number of nitrogens with one attached hydrogen (secondary N) is 1. The van der Waals surface area contributed by atoms with Crippen LogP contribution in [-0.4, -0.2) is 56.7 Å². The molecule has 0 saturated carbocycles. The zero-order valence-electron chi connectivity index (χ0n) is 13.3. The summed E-state index contributed by atoms with van der Waals surface area (Å²) in [6.07, 6.45) is 0.0150. The van der Waals surface area contributed by atoms with E-state index in [1.807, 2.05) is 0 Å². The molecule has 1 fully saturated rings. The van der Waals surface area contributed by atoms with E-state index in [-0.39, 0.29) is 32.0 Å². The molecule has 1 aliphatic rings. The Kier molecular flexibility index (Phi) is 6.02. The maximum Gasteiger partial charge on any atom is 0.324 e. The van der Waals surface area contributed by atoms with Crippen LogP contribution in [0.5, 0.6) is 11.5 Å². The number of hydrogen-bond donors (Lipinski definition) is 1. The number of rotatable bonds is 7. The maximum atomic E-state index is 11.9. The molecule has 0 unspecified atom stereocenters. The van der Waals surface area contributed by atoms with E-state index < -0.39 is 12.0 Å². The lowest BCUT2D eigenvalue weighted by Crippen LogP contribution is -2.34. The van der Waals surface area contributed by atoms with Crippen molar-refractivity contribution in [3.05, 3.63) is 22.2 Å². The van der Waals surface area contributed by atoms with Crippen molar-refractivity contribution in [2.24, 2.45) is 0 Å². The van der Waals surface area contributed by atoms with Gasteiger partial charge in [-0.1, -0.05) is 15.9 Å². The zero-order chi connectivity index (χ0) is 17.7. The van der Waals surface area contributed by atoms with E-state index in [0.29, 0.717) is 21.5 Å². The summed E-state index contributed by atoms with van der Waals surface area (Å²) in [6, 6.07) is 2.91. The number of amides is 3. The van der Waals surface area contributed by atoms with Gasteiger partial charge in [-0.15, -0.1) is 0 Å². The lowest BCUT2D eigenvalue weighted by atomic mass is 10.1. The maximum absolute atomic E-state index is 11.9. The number of halogens is 1. The SMILES string of the molecule is COc1cc(Br)c(CC(=O)OCCN2C(=O)CNC2=O)cc1OC. The summed E-state index contributed by atoms with van der Waals surface area (Å²) in [5.74, 6) is 0.233. The molecule has 1 aromatic rings. The van der Waals surface area contributed by atoms with Crippen molar-refractivity contribution in [2.75, 3.05) is 33.9 Å². The average molecular weight is 401 g/mol. The molecule has 1 aliphatic heterocycles. The largest absolute Gasteiger partial charge is 0.493 e. The number of ether oxygens (including phenoxy) is 3. The Balaban J connectivity index is 1.90. The molecule has 0 atom stereocenters. The quantitative estimate of drug-likeness (QED) is 0.544. The van der Waals surface area contributed by atoms with Crippen molar-refractivity contribution in [1.29, 1.82) is 0 Å². The molecule has 0 aromatic heterocycles. The molecular weight excluding hydrogens is 384 g/mol. The minimum absolute atomic E-state index is 0.0150. The summed E-state index contributed by atoms with van der Waals surface area (Å²) in [7, 11) is 3.03. The van der Waals surface area contributed by atoms with Crippen molar-refractivity contribution in [3.63, 3.8) is 0 Å². The third-order valence-electron chi connectivity index (χ3n) is 3.40. The van der Waals surface area contributed by atoms with Gasteiger partial charge in [-0.2, -0.15) is 0 Å². The molecule has 1 N–H and O–H groups in total. The van der Waals surface area contributed by atoms with Crippen molar-refractivity contribution < 1.29 is 28.6 Å². The van der Waals surface area contributed by atoms with Crippen LogP contribution in [0.4, 0.5) is 4.79 Å². The Morgan fingerprint density at radius 3 is 2.50 bits per heavy atom. The highest BCUT2D eigenvalue weighted by Gasteiger charge is 2.28. The van der Waals surface area contributed by atoms with Gasteiger partial charge in [0.25, 0.3) is 0 Å². The summed E-state index contributed by atoms with van der Waals surface area (Å²) in [5, 5.41) is 2.39. The van der Waals surface area contributed by atoms with E-state index in [1.165, 1.54) is 14.2 Å². The first kappa shape index (κ1) is 18.1. The van der Waals surface area contributed by atoms with Gasteiger partial charge >= 0.3 is 12.0 Å². The predicted octanol–water partition coefficient (Wildman–Crippen LogP) is 1.10. The number of hydrogen-bond acceptors (Lipinski definition) is 6. The molecule has 2 rings (SSSR count). The van der Waals surface area contributed by atoms with Gasteiger partial charge in [-0.25, -0.2) is 4.79 Å². The molecule has 130 valence electrons. The van der Waals surface area contributed by atoms with Crippen LogP contribution in [0.25, 0.3) is 0 Å². The summed E-state index contributed by atoms with van der Waals surface area (Å²) >= 11 is 3.37. The predicted molar refractivity (Wildman–Crippen MR) is 87.0 cm³/mol. The molecule has 0 aliphatic carbocycles. The minimum atomic E-state index is -0.477. The number of urea groups is 1. The average Bonchev–Trinajstić information content (AvgIpc) is 2.88. The Bertz CT molecular complexity index is 648. The fourth-order valence-electron chi connectivity index (χ4n) is 2.17. The summed E-state index contributed by atoms with van der Waals surface area (Å²) in [6.45, 7) is -0.0439. The summed E-state index contributed by atoms with van der Waals surface area (Å²) < 4.78 is 16.1. The van der Waals surface area contributed by atoms with Gasteiger partial charge in [-0.3, -0.25) is 14.5 Å². The Labute approximate surface area is 147 Å². The fraction of sp³-hybridized carbons (Fsp3) is 0.400. The Morgan fingerprint density at radius 2 is 1.92 bits per heavy atom. The molecule has 3 amide bonds. The number of nitrogens with zero attached hydrogens (tertiary/aromatic N) is 1. The number of esters is 1. The van der Waals surface area contributed by atoms with E-state index in [4.69, 9.17) is 14.2 Å². The van der Waals surface area contributed by atoms with Crippen LogP contribution in [0.1, 0.15) is 5.56 Å². The van der Waals surface area contributed by atoms with Crippen LogP contribution in [0.2, 0.25) is 0 Å². The van der Waals surface area contributed by atoms with Crippen LogP contribution < -0.4 is 14.8 Å². The number of carbonyl (C=O) groups is 3. The smallest absolute Gasteiger partial charge is 0.324 e. The molecule has 1 aromatic carbocycles. The van der Waals surface area contributed by atoms with Crippen molar-refractivity contribution in [1.82, 2.24) is 10.2 Å².